The molecule has 1 fully saturated rings. The van der Waals surface area contributed by atoms with Crippen molar-refractivity contribution in [1.29, 1.82) is 0 Å². The Bertz CT molecular complexity index is 448. The maximum atomic E-state index is 12.4. The highest BCUT2D eigenvalue weighted by Gasteiger charge is 2.35. The monoisotopic (exact) mass is 262 g/mol. The van der Waals surface area contributed by atoms with Gasteiger partial charge in [-0.25, -0.2) is 0 Å². The molecule has 0 aromatic heterocycles. The van der Waals surface area contributed by atoms with E-state index in [1.807, 2.05) is 38.1 Å². The van der Waals surface area contributed by atoms with Gasteiger partial charge in [0.15, 0.2) is 0 Å². The van der Waals surface area contributed by atoms with E-state index < -0.39 is 5.41 Å². The van der Waals surface area contributed by atoms with Crippen molar-refractivity contribution in [3.8, 4) is 0 Å². The Kier molecular flexibility index (Phi) is 3.80. The van der Waals surface area contributed by atoms with Crippen LogP contribution in [0.4, 0.5) is 5.69 Å². The van der Waals surface area contributed by atoms with Crippen LogP contribution < -0.4 is 11.1 Å². The van der Waals surface area contributed by atoms with Crippen LogP contribution in [0.5, 0.6) is 0 Å². The number of carbonyl (C=O) groups excluding carboxylic acids is 1. The Hall–Kier alpha value is -1.55. The molecule has 1 aromatic rings. The second kappa shape index (κ2) is 5.21. The Balaban J connectivity index is 1.99. The summed E-state index contributed by atoms with van der Waals surface area (Å²) < 4.78 is 5.22. The van der Waals surface area contributed by atoms with Gasteiger partial charge < -0.3 is 15.8 Å². The summed E-state index contributed by atoms with van der Waals surface area (Å²) in [5.74, 6) is 0.0526. The maximum absolute atomic E-state index is 12.4. The average molecular weight is 262 g/mol. The van der Waals surface area contributed by atoms with E-state index in [1.165, 1.54) is 0 Å². The highest BCUT2D eigenvalue weighted by molar-refractivity contribution is 5.87. The Labute approximate surface area is 114 Å². The quantitative estimate of drug-likeness (QED) is 0.814. The molecule has 1 aliphatic carbocycles. The predicted molar refractivity (Wildman–Crippen MR) is 75.8 cm³/mol. The minimum Gasteiger partial charge on any atom is -0.399 e. The summed E-state index contributed by atoms with van der Waals surface area (Å²) in [6.07, 6.45) is 2.10. The first kappa shape index (κ1) is 13.9. The van der Waals surface area contributed by atoms with Gasteiger partial charge in [-0.1, -0.05) is 12.1 Å². The molecule has 0 unspecified atom stereocenters. The van der Waals surface area contributed by atoms with Gasteiger partial charge in [-0.15, -0.1) is 0 Å². The summed E-state index contributed by atoms with van der Waals surface area (Å²) in [6, 6.07) is 7.72. The fraction of sp³-hybridized carbons (Fsp3) is 0.533. The van der Waals surface area contributed by atoms with E-state index in [0.29, 0.717) is 11.8 Å². The number of anilines is 1. The normalized spacial score (nSPS) is 22.7. The van der Waals surface area contributed by atoms with Crippen LogP contribution >= 0.6 is 0 Å². The van der Waals surface area contributed by atoms with Crippen molar-refractivity contribution in [3.63, 3.8) is 0 Å². The molecular weight excluding hydrogens is 240 g/mol. The van der Waals surface area contributed by atoms with Gasteiger partial charge in [0, 0.05) is 18.8 Å². The fourth-order valence-electron chi connectivity index (χ4n) is 2.27. The molecule has 0 spiro atoms. The van der Waals surface area contributed by atoms with Crippen LogP contribution in [0, 0.1) is 0 Å². The zero-order valence-corrected chi connectivity index (χ0v) is 11.8. The van der Waals surface area contributed by atoms with Crippen molar-refractivity contribution in [2.24, 2.45) is 0 Å². The molecule has 104 valence electrons. The Morgan fingerprint density at radius 2 is 1.89 bits per heavy atom. The van der Waals surface area contributed by atoms with E-state index in [-0.39, 0.29) is 11.9 Å². The van der Waals surface area contributed by atoms with E-state index in [0.717, 1.165) is 18.4 Å². The van der Waals surface area contributed by atoms with E-state index in [9.17, 15) is 4.79 Å². The van der Waals surface area contributed by atoms with Gasteiger partial charge in [0.1, 0.15) is 0 Å². The van der Waals surface area contributed by atoms with Gasteiger partial charge in [-0.05, 0) is 44.4 Å². The number of nitrogen functional groups attached to an aromatic ring is 1. The van der Waals surface area contributed by atoms with Gasteiger partial charge >= 0.3 is 0 Å². The number of methoxy groups -OCH3 is 1. The van der Waals surface area contributed by atoms with E-state index >= 15 is 0 Å². The molecule has 0 saturated heterocycles. The number of carbonyl (C=O) groups is 1. The molecule has 0 atom stereocenters. The first-order valence-electron chi connectivity index (χ1n) is 6.63. The number of hydrogen-bond acceptors (Lipinski definition) is 3. The highest BCUT2D eigenvalue weighted by Crippen LogP contribution is 2.27. The second-order valence-electron chi connectivity index (χ2n) is 5.75. The summed E-state index contributed by atoms with van der Waals surface area (Å²) in [7, 11) is 1.71. The maximum Gasteiger partial charge on any atom is 0.230 e. The molecule has 4 heteroatoms. The molecule has 1 aliphatic rings. The number of ether oxygens (including phenoxy) is 1. The van der Waals surface area contributed by atoms with Crippen molar-refractivity contribution >= 4 is 11.6 Å². The van der Waals surface area contributed by atoms with Crippen molar-refractivity contribution in [1.82, 2.24) is 5.32 Å². The summed E-state index contributed by atoms with van der Waals surface area (Å²) in [4.78, 5) is 12.4. The van der Waals surface area contributed by atoms with Crippen LogP contribution in [0.3, 0.4) is 0 Å². The summed E-state index contributed by atoms with van der Waals surface area (Å²) in [6.45, 7) is 3.86. The van der Waals surface area contributed by atoms with Gasteiger partial charge in [0.2, 0.25) is 5.91 Å². The van der Waals surface area contributed by atoms with Crippen LogP contribution in [0.15, 0.2) is 24.3 Å². The summed E-state index contributed by atoms with van der Waals surface area (Å²) >= 11 is 0. The van der Waals surface area contributed by atoms with Crippen molar-refractivity contribution in [3.05, 3.63) is 29.8 Å². The lowest BCUT2D eigenvalue weighted by Crippen LogP contribution is -2.52. The minimum atomic E-state index is -0.550. The first-order chi connectivity index (χ1) is 8.93. The summed E-state index contributed by atoms with van der Waals surface area (Å²) in [5.41, 5.74) is 6.81. The van der Waals surface area contributed by atoms with Crippen LogP contribution in [0.1, 0.15) is 32.3 Å². The van der Waals surface area contributed by atoms with E-state index in [2.05, 4.69) is 5.32 Å². The predicted octanol–water partition coefficient (Wildman–Crippen LogP) is 1.84. The zero-order valence-electron chi connectivity index (χ0n) is 11.8. The Morgan fingerprint density at radius 1 is 1.32 bits per heavy atom. The number of benzene rings is 1. The van der Waals surface area contributed by atoms with Gasteiger partial charge in [0.25, 0.3) is 0 Å². The minimum absolute atomic E-state index is 0.0526. The fourth-order valence-corrected chi connectivity index (χ4v) is 2.27. The van der Waals surface area contributed by atoms with Crippen LogP contribution in [-0.2, 0) is 14.9 Å². The molecular formula is C15H22N2O2. The molecule has 1 saturated carbocycles. The third-order valence-corrected chi connectivity index (χ3v) is 3.96. The molecule has 0 aliphatic heterocycles. The van der Waals surface area contributed by atoms with Gasteiger partial charge in [0.05, 0.1) is 11.5 Å². The number of nitrogens with two attached hydrogens (primary N) is 1. The largest absolute Gasteiger partial charge is 0.399 e. The topological polar surface area (TPSA) is 64.3 Å². The molecule has 0 radical (unpaired) electrons. The van der Waals surface area contributed by atoms with Gasteiger partial charge in [-0.2, -0.15) is 0 Å². The van der Waals surface area contributed by atoms with Crippen LogP contribution in [0.25, 0.3) is 0 Å². The number of rotatable bonds is 4. The molecule has 1 aromatic carbocycles. The molecule has 2 rings (SSSR count). The first-order valence-corrected chi connectivity index (χ1v) is 6.63. The molecule has 3 N–H and O–H groups in total. The lowest BCUT2D eigenvalue weighted by atomic mass is 9.82. The van der Waals surface area contributed by atoms with Crippen LogP contribution in [0.2, 0.25) is 0 Å². The number of nitrogens with one attached hydrogen (secondary N) is 1. The molecule has 4 nitrogen and oxygen atoms in total. The average Bonchev–Trinajstić information content (AvgIpc) is 2.33. The third kappa shape index (κ3) is 2.89. The number of hydrogen-bond donors (Lipinski definition) is 2. The molecule has 19 heavy (non-hydrogen) atoms. The Morgan fingerprint density at radius 3 is 2.42 bits per heavy atom. The third-order valence-electron chi connectivity index (χ3n) is 3.96. The smallest absolute Gasteiger partial charge is 0.230 e. The highest BCUT2D eigenvalue weighted by atomic mass is 16.5. The van der Waals surface area contributed by atoms with Crippen molar-refractivity contribution in [2.75, 3.05) is 12.8 Å². The van der Waals surface area contributed by atoms with Crippen molar-refractivity contribution < 1.29 is 9.53 Å². The second-order valence-corrected chi connectivity index (χ2v) is 5.75. The SMILES string of the molecule is COC1CC(NC(=O)C(C)(C)c2ccc(N)cc2)C1. The van der Waals surface area contributed by atoms with E-state index in [1.54, 1.807) is 7.11 Å². The lowest BCUT2D eigenvalue weighted by Gasteiger charge is -2.37. The molecule has 0 bridgehead atoms. The van der Waals surface area contributed by atoms with Crippen molar-refractivity contribution in [2.45, 2.75) is 44.2 Å². The van der Waals surface area contributed by atoms with Crippen LogP contribution in [-0.4, -0.2) is 25.2 Å². The van der Waals surface area contributed by atoms with E-state index in [4.69, 9.17) is 10.5 Å². The number of amides is 1. The standard InChI is InChI=1S/C15H22N2O2/c1-15(2,10-4-6-11(16)7-5-10)14(18)17-12-8-13(9-12)19-3/h4-7,12-13H,8-9,16H2,1-3H3,(H,17,18). The zero-order chi connectivity index (χ0) is 14.0. The summed E-state index contributed by atoms with van der Waals surface area (Å²) in [5, 5.41) is 3.08. The van der Waals surface area contributed by atoms with Gasteiger partial charge in [-0.3, -0.25) is 4.79 Å². The lowest BCUT2D eigenvalue weighted by molar-refractivity contribution is -0.128. The molecule has 1 amide bonds. The molecule has 0 heterocycles.